The van der Waals surface area contributed by atoms with E-state index in [0.29, 0.717) is 6.04 Å². The van der Waals surface area contributed by atoms with Gasteiger partial charge in [-0.05, 0) is 34.4 Å². The first kappa shape index (κ1) is 9.70. The van der Waals surface area contributed by atoms with Gasteiger partial charge in [0.25, 0.3) is 0 Å². The summed E-state index contributed by atoms with van der Waals surface area (Å²) in [6.45, 7) is 9.80. The molecule has 0 aromatic heterocycles. The van der Waals surface area contributed by atoms with Crippen LogP contribution in [0.15, 0.2) is 11.6 Å². The van der Waals surface area contributed by atoms with Crippen molar-refractivity contribution in [2.24, 2.45) is 0 Å². The lowest BCUT2D eigenvalue weighted by molar-refractivity contribution is 0.302. The van der Waals surface area contributed by atoms with Crippen molar-refractivity contribution in [2.75, 3.05) is 13.6 Å². The highest BCUT2D eigenvalue weighted by molar-refractivity contribution is 5.04. The molecule has 1 heteroatoms. The molecule has 1 nitrogen and oxygen atoms in total. The topological polar surface area (TPSA) is 3.24 Å². The van der Waals surface area contributed by atoms with Gasteiger partial charge in [-0.1, -0.05) is 18.6 Å². The quantitative estimate of drug-likeness (QED) is 0.545. The molecule has 10 heavy (non-hydrogen) atoms. The number of nitrogens with zero attached hydrogens (tertiary/aromatic N) is 1. The predicted molar refractivity (Wildman–Crippen MR) is 47.2 cm³/mol. The number of allylic oxidation sites excluding steroid dienone is 1. The third kappa shape index (κ3) is 2.53. The Kier molecular flexibility index (Phi) is 4.37. The van der Waals surface area contributed by atoms with Gasteiger partial charge in [-0.2, -0.15) is 0 Å². The van der Waals surface area contributed by atoms with Gasteiger partial charge in [0, 0.05) is 6.04 Å². The fraction of sp³-hybridized carbons (Fsp3) is 0.778. The van der Waals surface area contributed by atoms with E-state index in [2.05, 4.69) is 45.7 Å². The van der Waals surface area contributed by atoms with Crippen molar-refractivity contribution >= 4 is 0 Å². The second kappa shape index (κ2) is 4.51. The molecule has 0 amide bonds. The van der Waals surface area contributed by atoms with Crippen molar-refractivity contribution in [1.29, 1.82) is 0 Å². The first-order valence-electron chi connectivity index (χ1n) is 3.96. The molecule has 0 saturated heterocycles. The summed E-state index contributed by atoms with van der Waals surface area (Å²) in [5, 5.41) is 0. The van der Waals surface area contributed by atoms with Gasteiger partial charge >= 0.3 is 0 Å². The molecule has 0 saturated carbocycles. The van der Waals surface area contributed by atoms with Gasteiger partial charge in [0.15, 0.2) is 0 Å². The van der Waals surface area contributed by atoms with Crippen LogP contribution in [0.3, 0.4) is 0 Å². The fourth-order valence-electron chi connectivity index (χ4n) is 0.863. The van der Waals surface area contributed by atoms with Gasteiger partial charge < -0.3 is 4.90 Å². The van der Waals surface area contributed by atoms with E-state index in [1.54, 1.807) is 0 Å². The highest BCUT2D eigenvalue weighted by Gasteiger charge is 2.06. The summed E-state index contributed by atoms with van der Waals surface area (Å²) < 4.78 is 0. The largest absolute Gasteiger partial charge is 0.300 e. The Hall–Kier alpha value is -0.300. The molecule has 0 aliphatic heterocycles. The van der Waals surface area contributed by atoms with Crippen LogP contribution in [-0.4, -0.2) is 24.5 Å². The molecular formula is C9H19N. The summed E-state index contributed by atoms with van der Waals surface area (Å²) in [4.78, 5) is 2.33. The second-order valence-corrected chi connectivity index (χ2v) is 2.78. The zero-order valence-corrected chi connectivity index (χ0v) is 7.81. The molecule has 0 aromatic rings. The minimum atomic E-state index is 0.593. The normalized spacial score (nSPS) is 16.0. The van der Waals surface area contributed by atoms with Crippen LogP contribution in [0.1, 0.15) is 27.7 Å². The first-order chi connectivity index (χ1) is 4.63. The summed E-state index contributed by atoms with van der Waals surface area (Å²) in [7, 11) is 2.15. The summed E-state index contributed by atoms with van der Waals surface area (Å²) in [5.41, 5.74) is 1.45. The van der Waals surface area contributed by atoms with E-state index in [0.717, 1.165) is 6.54 Å². The smallest absolute Gasteiger partial charge is 0.0273 e. The molecule has 0 radical (unpaired) electrons. The van der Waals surface area contributed by atoms with Crippen molar-refractivity contribution in [3.05, 3.63) is 11.6 Å². The fourth-order valence-corrected chi connectivity index (χ4v) is 0.863. The molecular weight excluding hydrogens is 122 g/mol. The molecule has 0 N–H and O–H groups in total. The molecule has 0 fully saturated rings. The highest BCUT2D eigenvalue weighted by atomic mass is 15.1. The average Bonchev–Trinajstić information content (AvgIpc) is 2.00. The predicted octanol–water partition coefficient (Wildman–Crippen LogP) is 2.29. The minimum Gasteiger partial charge on any atom is -0.300 e. The zero-order valence-electron chi connectivity index (χ0n) is 7.81. The Morgan fingerprint density at radius 2 is 2.10 bits per heavy atom. The lowest BCUT2D eigenvalue weighted by Crippen LogP contribution is -2.29. The summed E-state index contributed by atoms with van der Waals surface area (Å²) >= 11 is 0. The second-order valence-electron chi connectivity index (χ2n) is 2.78. The Labute approximate surface area is 64.7 Å². The molecule has 0 aliphatic rings. The summed E-state index contributed by atoms with van der Waals surface area (Å²) in [5.74, 6) is 0. The van der Waals surface area contributed by atoms with Crippen LogP contribution in [0.25, 0.3) is 0 Å². The number of hydrogen-bond donors (Lipinski definition) is 0. The van der Waals surface area contributed by atoms with Crippen LogP contribution in [0.4, 0.5) is 0 Å². The highest BCUT2D eigenvalue weighted by Crippen LogP contribution is 2.06. The Bertz CT molecular complexity index is 116. The van der Waals surface area contributed by atoms with Crippen molar-refractivity contribution < 1.29 is 0 Å². The van der Waals surface area contributed by atoms with E-state index in [-0.39, 0.29) is 0 Å². The third-order valence-corrected chi connectivity index (χ3v) is 2.27. The average molecular weight is 141 g/mol. The van der Waals surface area contributed by atoms with E-state index in [1.165, 1.54) is 5.57 Å². The third-order valence-electron chi connectivity index (χ3n) is 2.27. The first-order valence-corrected chi connectivity index (χ1v) is 3.96. The maximum atomic E-state index is 2.33. The monoisotopic (exact) mass is 141 g/mol. The Balaban J connectivity index is 3.94. The van der Waals surface area contributed by atoms with Crippen LogP contribution >= 0.6 is 0 Å². The van der Waals surface area contributed by atoms with Crippen LogP contribution in [0, 0.1) is 0 Å². The van der Waals surface area contributed by atoms with Crippen LogP contribution in [0.2, 0.25) is 0 Å². The van der Waals surface area contributed by atoms with Gasteiger partial charge in [0.2, 0.25) is 0 Å². The number of hydrogen-bond acceptors (Lipinski definition) is 1. The van der Waals surface area contributed by atoms with Crippen molar-refractivity contribution in [2.45, 2.75) is 33.7 Å². The van der Waals surface area contributed by atoms with Crippen molar-refractivity contribution in [3.8, 4) is 0 Å². The molecule has 0 aliphatic carbocycles. The van der Waals surface area contributed by atoms with E-state index in [4.69, 9.17) is 0 Å². The lowest BCUT2D eigenvalue weighted by Gasteiger charge is -2.23. The number of likely N-dealkylation sites (N-methyl/N-ethyl adjacent to an activating group) is 1. The van der Waals surface area contributed by atoms with E-state index in [9.17, 15) is 0 Å². The molecule has 60 valence electrons. The molecule has 1 unspecified atom stereocenters. The van der Waals surface area contributed by atoms with E-state index in [1.807, 2.05) is 0 Å². The molecule has 0 aromatic carbocycles. The molecule has 0 spiro atoms. The molecule has 1 atom stereocenters. The van der Waals surface area contributed by atoms with Gasteiger partial charge in [0.05, 0.1) is 0 Å². The Morgan fingerprint density at radius 3 is 2.40 bits per heavy atom. The van der Waals surface area contributed by atoms with E-state index >= 15 is 0 Å². The van der Waals surface area contributed by atoms with Gasteiger partial charge in [-0.25, -0.2) is 0 Å². The van der Waals surface area contributed by atoms with Gasteiger partial charge in [-0.15, -0.1) is 0 Å². The maximum absolute atomic E-state index is 2.33. The maximum Gasteiger partial charge on any atom is 0.0273 e. The van der Waals surface area contributed by atoms with Crippen LogP contribution in [0.5, 0.6) is 0 Å². The summed E-state index contributed by atoms with van der Waals surface area (Å²) in [6.07, 6.45) is 2.18. The Morgan fingerprint density at radius 1 is 1.60 bits per heavy atom. The minimum absolute atomic E-state index is 0.593. The van der Waals surface area contributed by atoms with Gasteiger partial charge in [-0.3, -0.25) is 0 Å². The number of rotatable bonds is 3. The SMILES string of the molecule is CC=C(C)C(C)N(C)CC. The lowest BCUT2D eigenvalue weighted by atomic mass is 10.1. The van der Waals surface area contributed by atoms with Crippen LogP contribution < -0.4 is 0 Å². The molecule has 0 bridgehead atoms. The summed E-state index contributed by atoms with van der Waals surface area (Å²) in [6, 6.07) is 0.593. The zero-order chi connectivity index (χ0) is 8.15. The van der Waals surface area contributed by atoms with Crippen molar-refractivity contribution in [1.82, 2.24) is 4.90 Å². The van der Waals surface area contributed by atoms with Crippen LogP contribution in [-0.2, 0) is 0 Å². The molecule has 0 rings (SSSR count). The van der Waals surface area contributed by atoms with E-state index < -0.39 is 0 Å². The van der Waals surface area contributed by atoms with Crippen molar-refractivity contribution in [3.63, 3.8) is 0 Å². The standard InChI is InChI=1S/C9H19N/c1-6-8(3)9(4)10(5)7-2/h6,9H,7H2,1-5H3. The van der Waals surface area contributed by atoms with Gasteiger partial charge in [0.1, 0.15) is 0 Å². The molecule has 0 heterocycles.